The van der Waals surface area contributed by atoms with E-state index in [2.05, 4.69) is 26.3 Å². The van der Waals surface area contributed by atoms with Gasteiger partial charge in [0, 0.05) is 32.8 Å². The van der Waals surface area contributed by atoms with Crippen LogP contribution in [0.15, 0.2) is 10.8 Å². The molecule has 2 saturated heterocycles. The second-order valence-corrected chi connectivity index (χ2v) is 7.12. The van der Waals surface area contributed by atoms with Gasteiger partial charge in [0.15, 0.2) is 0 Å². The minimum atomic E-state index is -0.689. The first-order chi connectivity index (χ1) is 10.9. The molecule has 3 heterocycles. The molecule has 1 unspecified atom stereocenters. The molecule has 1 aromatic heterocycles. The lowest BCUT2D eigenvalue weighted by atomic mass is 10.0. The van der Waals surface area contributed by atoms with Crippen LogP contribution < -0.4 is 5.32 Å². The molecule has 0 aliphatic carbocycles. The van der Waals surface area contributed by atoms with E-state index >= 15 is 0 Å². The van der Waals surface area contributed by atoms with Crippen molar-refractivity contribution in [2.45, 2.75) is 37.8 Å². The zero-order valence-corrected chi connectivity index (χ0v) is 14.9. The highest BCUT2D eigenvalue weighted by Gasteiger charge is 2.42. The number of nitrogens with zero attached hydrogens (tertiary/aromatic N) is 3. The Morgan fingerprint density at radius 3 is 2.91 bits per heavy atom. The number of carbonyl (C=O) groups excluding carboxylic acids is 2. The van der Waals surface area contributed by atoms with Gasteiger partial charge in [0.05, 0.1) is 11.8 Å². The number of carbonyl (C=O) groups is 2. The van der Waals surface area contributed by atoms with Crippen molar-refractivity contribution >= 4 is 27.7 Å². The van der Waals surface area contributed by atoms with Crippen LogP contribution in [0.2, 0.25) is 0 Å². The van der Waals surface area contributed by atoms with E-state index in [-0.39, 0.29) is 17.9 Å². The molecular formula is C15H21BrN4O3. The van der Waals surface area contributed by atoms with Crippen LogP contribution >= 0.6 is 15.9 Å². The number of hydrogen-bond acceptors (Lipinski definition) is 4. The number of ether oxygens (including phenoxy) is 1. The van der Waals surface area contributed by atoms with Crippen molar-refractivity contribution in [3.8, 4) is 0 Å². The van der Waals surface area contributed by atoms with E-state index < -0.39 is 5.60 Å². The summed E-state index contributed by atoms with van der Waals surface area (Å²) in [4.78, 5) is 26.7. The van der Waals surface area contributed by atoms with Crippen molar-refractivity contribution in [3.63, 3.8) is 0 Å². The fraction of sp³-hybridized carbons (Fsp3) is 0.667. The van der Waals surface area contributed by atoms with Gasteiger partial charge in [-0.05, 0) is 42.1 Å². The minimum Gasteiger partial charge on any atom is -0.365 e. The molecule has 0 aromatic carbocycles. The maximum Gasteiger partial charge on any atom is 0.255 e. The largest absolute Gasteiger partial charge is 0.365 e. The van der Waals surface area contributed by atoms with Crippen LogP contribution in [0, 0.1) is 0 Å². The molecule has 2 aliphatic heterocycles. The van der Waals surface area contributed by atoms with E-state index in [1.54, 1.807) is 16.6 Å². The van der Waals surface area contributed by atoms with Crippen LogP contribution in [0.4, 0.5) is 0 Å². The molecule has 23 heavy (non-hydrogen) atoms. The Labute approximate surface area is 143 Å². The van der Waals surface area contributed by atoms with E-state index in [0.717, 1.165) is 19.3 Å². The smallest absolute Gasteiger partial charge is 0.255 e. The Hall–Kier alpha value is -1.41. The van der Waals surface area contributed by atoms with Gasteiger partial charge < -0.3 is 15.0 Å². The highest BCUT2D eigenvalue weighted by Crippen LogP contribution is 2.28. The van der Waals surface area contributed by atoms with Gasteiger partial charge in [-0.3, -0.25) is 14.3 Å². The number of rotatable bonds is 3. The summed E-state index contributed by atoms with van der Waals surface area (Å²) < 4.78 is 7.86. The second-order valence-electron chi connectivity index (χ2n) is 6.37. The van der Waals surface area contributed by atoms with Crippen LogP contribution in [-0.4, -0.2) is 57.8 Å². The van der Waals surface area contributed by atoms with Crippen molar-refractivity contribution in [2.75, 3.05) is 19.7 Å². The summed E-state index contributed by atoms with van der Waals surface area (Å²) in [5.74, 6) is -0.137. The summed E-state index contributed by atoms with van der Waals surface area (Å²) in [6.45, 7) is 3.69. The van der Waals surface area contributed by atoms with Crippen LogP contribution in [0.25, 0.3) is 0 Å². The Morgan fingerprint density at radius 1 is 1.52 bits per heavy atom. The first kappa shape index (κ1) is 16.4. The average Bonchev–Trinajstić information content (AvgIpc) is 3.22. The van der Waals surface area contributed by atoms with E-state index in [1.807, 2.05) is 6.92 Å². The van der Waals surface area contributed by atoms with E-state index in [4.69, 9.17) is 4.74 Å². The summed E-state index contributed by atoms with van der Waals surface area (Å²) in [6.07, 6.45) is 3.98. The maximum atomic E-state index is 12.6. The lowest BCUT2D eigenvalue weighted by Gasteiger charge is -2.28. The van der Waals surface area contributed by atoms with Gasteiger partial charge in [-0.1, -0.05) is 0 Å². The summed E-state index contributed by atoms with van der Waals surface area (Å²) in [7, 11) is 1.76. The van der Waals surface area contributed by atoms with Crippen molar-refractivity contribution in [1.29, 1.82) is 0 Å². The predicted molar refractivity (Wildman–Crippen MR) is 87.0 cm³/mol. The zero-order chi connectivity index (χ0) is 16.6. The fourth-order valence-corrected chi connectivity index (χ4v) is 3.56. The molecule has 0 spiro atoms. The number of nitrogens with one attached hydrogen (secondary N) is 1. The molecule has 7 nitrogen and oxygen atoms in total. The molecule has 3 rings (SSSR count). The quantitative estimate of drug-likeness (QED) is 0.845. The number of amides is 2. The molecule has 2 fully saturated rings. The molecule has 8 heteroatoms. The SMILES string of the molecule is Cn1ncc(C(=O)N[C@@H]2CCN(C(=O)C3(C)CCCO3)C2)c1Br. The highest BCUT2D eigenvalue weighted by atomic mass is 79.9. The normalized spacial score (nSPS) is 27.4. The van der Waals surface area contributed by atoms with Crippen LogP contribution in [0.5, 0.6) is 0 Å². The number of hydrogen-bond donors (Lipinski definition) is 1. The fourth-order valence-electron chi connectivity index (χ4n) is 3.18. The first-order valence-corrected chi connectivity index (χ1v) is 8.62. The summed E-state index contributed by atoms with van der Waals surface area (Å²) in [5, 5.41) is 7.02. The van der Waals surface area contributed by atoms with Gasteiger partial charge >= 0.3 is 0 Å². The third kappa shape index (κ3) is 3.14. The van der Waals surface area contributed by atoms with Gasteiger partial charge in [0.25, 0.3) is 11.8 Å². The lowest BCUT2D eigenvalue weighted by molar-refractivity contribution is -0.149. The molecule has 126 valence electrons. The van der Waals surface area contributed by atoms with Crippen LogP contribution in [-0.2, 0) is 16.6 Å². The molecule has 2 aliphatic rings. The third-order valence-corrected chi connectivity index (χ3v) is 5.53. The topological polar surface area (TPSA) is 76.5 Å². The molecule has 1 aromatic rings. The highest BCUT2D eigenvalue weighted by molar-refractivity contribution is 9.10. The molecule has 0 radical (unpaired) electrons. The van der Waals surface area contributed by atoms with Crippen molar-refractivity contribution < 1.29 is 14.3 Å². The molecule has 2 amide bonds. The van der Waals surface area contributed by atoms with Crippen molar-refractivity contribution in [2.24, 2.45) is 7.05 Å². The van der Waals surface area contributed by atoms with E-state index in [9.17, 15) is 9.59 Å². The Morgan fingerprint density at radius 2 is 2.30 bits per heavy atom. The number of likely N-dealkylation sites (tertiary alicyclic amines) is 1. The van der Waals surface area contributed by atoms with Gasteiger partial charge in [0.2, 0.25) is 0 Å². The van der Waals surface area contributed by atoms with E-state index in [0.29, 0.717) is 29.9 Å². The second kappa shape index (κ2) is 6.24. The molecular weight excluding hydrogens is 364 g/mol. The number of aromatic nitrogens is 2. The van der Waals surface area contributed by atoms with Crippen molar-refractivity contribution in [1.82, 2.24) is 20.0 Å². The van der Waals surface area contributed by atoms with Crippen molar-refractivity contribution in [3.05, 3.63) is 16.4 Å². The lowest BCUT2D eigenvalue weighted by Crippen LogP contribution is -2.47. The minimum absolute atomic E-state index is 0.0364. The predicted octanol–water partition coefficient (Wildman–Crippen LogP) is 1.08. The van der Waals surface area contributed by atoms with Crippen LogP contribution in [0.3, 0.4) is 0 Å². The molecule has 0 bridgehead atoms. The Bertz CT molecular complexity index is 624. The summed E-state index contributed by atoms with van der Waals surface area (Å²) >= 11 is 3.35. The monoisotopic (exact) mass is 384 g/mol. The van der Waals surface area contributed by atoms with Gasteiger partial charge in [-0.15, -0.1) is 0 Å². The van der Waals surface area contributed by atoms with E-state index in [1.165, 1.54) is 6.20 Å². The third-order valence-electron chi connectivity index (χ3n) is 4.59. The van der Waals surface area contributed by atoms with Gasteiger partial charge in [0.1, 0.15) is 10.2 Å². The first-order valence-electron chi connectivity index (χ1n) is 7.82. The van der Waals surface area contributed by atoms with Gasteiger partial charge in [-0.25, -0.2) is 0 Å². The molecule has 1 N–H and O–H groups in total. The van der Waals surface area contributed by atoms with Crippen LogP contribution in [0.1, 0.15) is 36.5 Å². The summed E-state index contributed by atoms with van der Waals surface area (Å²) in [6, 6.07) is -0.0384. The molecule has 0 saturated carbocycles. The number of halogens is 1. The zero-order valence-electron chi connectivity index (χ0n) is 13.3. The van der Waals surface area contributed by atoms with Gasteiger partial charge in [-0.2, -0.15) is 5.10 Å². The Kier molecular flexibility index (Phi) is 4.46. The average molecular weight is 385 g/mol. The Balaban J connectivity index is 1.59. The standard InChI is InChI=1S/C15H21BrN4O3/c1-15(5-3-7-23-15)14(22)20-6-4-10(9-20)18-13(21)11-8-17-19(2)12(11)16/h8,10H,3-7,9H2,1-2H3,(H,18,21)/t10-,15?/m1/s1. The number of aryl methyl sites for hydroxylation is 1. The maximum absolute atomic E-state index is 12.6. The molecule has 2 atom stereocenters. The summed E-state index contributed by atoms with van der Waals surface area (Å²) in [5.41, 5.74) is -0.186.